The Kier molecular flexibility index (Phi) is 5.94. The molecule has 0 heterocycles. The van der Waals surface area contributed by atoms with Crippen LogP contribution in [-0.4, -0.2) is 23.1 Å². The van der Waals surface area contributed by atoms with Crippen LogP contribution in [0.2, 0.25) is 15.1 Å². The highest BCUT2D eigenvalue weighted by molar-refractivity contribution is 6.35. The molecule has 1 amide bonds. The number of amides is 1. The van der Waals surface area contributed by atoms with Gasteiger partial charge in [0.05, 0.1) is 16.3 Å². The van der Waals surface area contributed by atoms with E-state index in [1.54, 1.807) is 6.07 Å². The second kappa shape index (κ2) is 7.75. The molecule has 0 aliphatic heterocycles. The Morgan fingerprint density at radius 2 is 1.71 bits per heavy atom. The van der Waals surface area contributed by atoms with E-state index < -0.39 is 18.0 Å². The van der Waals surface area contributed by atoms with Crippen LogP contribution in [0, 0.1) is 0 Å². The Bertz CT molecular complexity index is 795. The van der Waals surface area contributed by atoms with Crippen LogP contribution in [0.5, 0.6) is 5.75 Å². The van der Waals surface area contributed by atoms with E-state index >= 15 is 0 Å². The average Bonchev–Trinajstić information content (AvgIpc) is 2.49. The van der Waals surface area contributed by atoms with E-state index in [1.807, 2.05) is 0 Å². The van der Waals surface area contributed by atoms with Gasteiger partial charge in [0.15, 0.2) is 6.10 Å². The first kappa shape index (κ1) is 18.4. The molecule has 0 radical (unpaired) electrons. The van der Waals surface area contributed by atoms with Crippen LogP contribution in [0.3, 0.4) is 0 Å². The third-order valence-electron chi connectivity index (χ3n) is 3.04. The Hall–Kier alpha value is -1.95. The second-order valence-corrected chi connectivity index (χ2v) is 6.10. The molecule has 2 aromatic carbocycles. The van der Waals surface area contributed by atoms with Gasteiger partial charge in [0, 0.05) is 10.0 Å². The van der Waals surface area contributed by atoms with E-state index in [0.29, 0.717) is 10.0 Å². The highest BCUT2D eigenvalue weighted by Crippen LogP contribution is 2.28. The summed E-state index contributed by atoms with van der Waals surface area (Å²) in [4.78, 5) is 23.4. The van der Waals surface area contributed by atoms with Crippen LogP contribution >= 0.6 is 34.8 Å². The van der Waals surface area contributed by atoms with Gasteiger partial charge in [0.25, 0.3) is 5.91 Å². The molecule has 2 aromatic rings. The van der Waals surface area contributed by atoms with Crippen molar-refractivity contribution in [2.24, 2.45) is 0 Å². The second-order valence-electron chi connectivity index (χ2n) is 4.82. The Morgan fingerprint density at radius 3 is 2.33 bits per heavy atom. The lowest BCUT2D eigenvalue weighted by Gasteiger charge is -2.16. The Morgan fingerprint density at radius 1 is 1.08 bits per heavy atom. The number of nitrogens with one attached hydrogen (secondary N) is 1. The molecule has 0 aromatic heterocycles. The smallest absolute Gasteiger partial charge is 0.337 e. The van der Waals surface area contributed by atoms with Gasteiger partial charge < -0.3 is 15.2 Å². The monoisotopic (exact) mass is 387 g/mol. The molecule has 0 saturated carbocycles. The summed E-state index contributed by atoms with van der Waals surface area (Å²) in [5.41, 5.74) is 0.00197. The fourth-order valence-electron chi connectivity index (χ4n) is 1.86. The topological polar surface area (TPSA) is 75.6 Å². The number of carbonyl (C=O) groups excluding carboxylic acids is 1. The highest BCUT2D eigenvalue weighted by Gasteiger charge is 2.19. The highest BCUT2D eigenvalue weighted by atomic mass is 35.5. The number of ether oxygens (including phenoxy) is 1. The van der Waals surface area contributed by atoms with Gasteiger partial charge in [-0.3, -0.25) is 4.79 Å². The molecule has 2 N–H and O–H groups in total. The van der Waals surface area contributed by atoms with Crippen molar-refractivity contribution in [3.8, 4) is 5.75 Å². The normalized spacial score (nSPS) is 11.7. The molecule has 0 spiro atoms. The van der Waals surface area contributed by atoms with E-state index in [2.05, 4.69) is 5.32 Å². The number of rotatable bonds is 5. The zero-order valence-electron chi connectivity index (χ0n) is 12.3. The summed E-state index contributed by atoms with van der Waals surface area (Å²) in [7, 11) is 0. The van der Waals surface area contributed by atoms with Gasteiger partial charge in [0.2, 0.25) is 0 Å². The number of halogens is 3. The third kappa shape index (κ3) is 4.54. The summed E-state index contributed by atoms with van der Waals surface area (Å²) in [6.07, 6.45) is -0.927. The number of aromatic carboxylic acids is 1. The first-order valence-corrected chi connectivity index (χ1v) is 7.86. The summed E-state index contributed by atoms with van der Waals surface area (Å²) in [6, 6.07) is 8.69. The predicted octanol–water partition coefficient (Wildman–Crippen LogP) is 4.75. The van der Waals surface area contributed by atoms with Crippen LogP contribution in [0.4, 0.5) is 5.69 Å². The first-order chi connectivity index (χ1) is 11.3. The van der Waals surface area contributed by atoms with E-state index in [9.17, 15) is 9.59 Å². The number of anilines is 1. The lowest BCUT2D eigenvalue weighted by molar-refractivity contribution is -0.122. The van der Waals surface area contributed by atoms with Crippen LogP contribution in [0.1, 0.15) is 17.3 Å². The fraction of sp³-hybridized carbons (Fsp3) is 0.125. The molecule has 0 saturated heterocycles. The number of carbonyl (C=O) groups is 2. The van der Waals surface area contributed by atoms with Crippen molar-refractivity contribution < 1.29 is 19.4 Å². The van der Waals surface area contributed by atoms with E-state index in [-0.39, 0.29) is 22.0 Å². The summed E-state index contributed by atoms with van der Waals surface area (Å²) < 4.78 is 5.48. The molecule has 2 rings (SSSR count). The van der Waals surface area contributed by atoms with Crippen LogP contribution < -0.4 is 10.1 Å². The van der Waals surface area contributed by atoms with E-state index in [1.165, 1.54) is 37.3 Å². The summed E-state index contributed by atoms with van der Waals surface area (Å²) in [5.74, 6) is -1.45. The van der Waals surface area contributed by atoms with Crippen LogP contribution in [0.15, 0.2) is 36.4 Å². The predicted molar refractivity (Wildman–Crippen MR) is 93.6 cm³/mol. The Labute approximate surface area is 153 Å². The number of carboxylic acid groups (broad SMARTS) is 1. The van der Waals surface area contributed by atoms with Crippen molar-refractivity contribution >= 4 is 52.4 Å². The lowest BCUT2D eigenvalue weighted by Crippen LogP contribution is -2.30. The van der Waals surface area contributed by atoms with Gasteiger partial charge in [-0.1, -0.05) is 34.8 Å². The summed E-state index contributed by atoms with van der Waals surface area (Å²) in [6.45, 7) is 1.51. The number of hydrogen-bond acceptors (Lipinski definition) is 3. The lowest BCUT2D eigenvalue weighted by atomic mass is 10.1. The zero-order valence-corrected chi connectivity index (χ0v) is 14.6. The van der Waals surface area contributed by atoms with Crippen LogP contribution in [0.25, 0.3) is 0 Å². The molecule has 0 aliphatic rings. The molecule has 0 aliphatic carbocycles. The first-order valence-electron chi connectivity index (χ1n) is 6.73. The van der Waals surface area contributed by atoms with Gasteiger partial charge in [-0.2, -0.15) is 0 Å². The van der Waals surface area contributed by atoms with Crippen molar-refractivity contribution in [2.75, 3.05) is 5.32 Å². The van der Waals surface area contributed by atoms with Crippen molar-refractivity contribution in [1.82, 2.24) is 0 Å². The molecular formula is C16H12Cl3NO4. The molecule has 5 nitrogen and oxygen atoms in total. The summed E-state index contributed by atoms with van der Waals surface area (Å²) >= 11 is 17.6. The SMILES string of the molecule is CC(Oc1ccc(Cl)cc1Cl)C(=O)Nc1cc(Cl)ccc1C(=O)O. The third-order valence-corrected chi connectivity index (χ3v) is 3.80. The number of carboxylic acids is 1. The largest absolute Gasteiger partial charge is 0.479 e. The van der Waals surface area contributed by atoms with E-state index in [4.69, 9.17) is 44.6 Å². The molecule has 1 atom stereocenters. The average molecular weight is 389 g/mol. The molecule has 0 fully saturated rings. The minimum absolute atomic E-state index is 0.0792. The molecule has 8 heteroatoms. The van der Waals surface area contributed by atoms with Crippen molar-refractivity contribution in [2.45, 2.75) is 13.0 Å². The van der Waals surface area contributed by atoms with Gasteiger partial charge in [-0.15, -0.1) is 0 Å². The molecule has 1 unspecified atom stereocenters. The molecule has 0 bridgehead atoms. The zero-order chi connectivity index (χ0) is 17.9. The standard InChI is InChI=1S/C16H12Cl3NO4/c1-8(24-14-5-3-9(17)6-12(14)19)15(21)20-13-7-10(18)2-4-11(13)16(22)23/h2-8H,1H3,(H,20,21)(H,22,23). The summed E-state index contributed by atoms with van der Waals surface area (Å²) in [5, 5.41) is 12.6. The van der Waals surface area contributed by atoms with Crippen molar-refractivity contribution in [3.05, 3.63) is 57.0 Å². The van der Waals surface area contributed by atoms with Gasteiger partial charge in [-0.05, 0) is 43.3 Å². The van der Waals surface area contributed by atoms with Gasteiger partial charge >= 0.3 is 5.97 Å². The molecule has 126 valence electrons. The quantitative estimate of drug-likeness (QED) is 0.775. The minimum atomic E-state index is -1.18. The van der Waals surface area contributed by atoms with Crippen LogP contribution in [-0.2, 0) is 4.79 Å². The van der Waals surface area contributed by atoms with Crippen molar-refractivity contribution in [3.63, 3.8) is 0 Å². The van der Waals surface area contributed by atoms with Gasteiger partial charge in [-0.25, -0.2) is 4.79 Å². The maximum absolute atomic E-state index is 12.2. The minimum Gasteiger partial charge on any atom is -0.479 e. The van der Waals surface area contributed by atoms with Gasteiger partial charge in [0.1, 0.15) is 5.75 Å². The number of benzene rings is 2. The van der Waals surface area contributed by atoms with Crippen molar-refractivity contribution in [1.29, 1.82) is 0 Å². The van der Waals surface area contributed by atoms with E-state index in [0.717, 1.165) is 0 Å². The maximum Gasteiger partial charge on any atom is 0.337 e. The molecule has 24 heavy (non-hydrogen) atoms. The number of hydrogen-bond donors (Lipinski definition) is 2. The fourth-order valence-corrected chi connectivity index (χ4v) is 2.48. The molecular weight excluding hydrogens is 377 g/mol. The maximum atomic E-state index is 12.2. The Balaban J connectivity index is 2.14.